The van der Waals surface area contributed by atoms with Gasteiger partial charge in [-0.3, -0.25) is 14.4 Å². The molecule has 1 aromatic carbocycles. The van der Waals surface area contributed by atoms with Crippen LogP contribution in [0.3, 0.4) is 0 Å². The zero-order chi connectivity index (χ0) is 16.8. The Labute approximate surface area is 134 Å². The van der Waals surface area contributed by atoms with E-state index in [2.05, 4.69) is 0 Å². The molecule has 0 aliphatic carbocycles. The van der Waals surface area contributed by atoms with Gasteiger partial charge < -0.3 is 19.6 Å². The van der Waals surface area contributed by atoms with Crippen LogP contribution in [0.5, 0.6) is 5.75 Å². The van der Waals surface area contributed by atoms with Crippen LogP contribution in [0.25, 0.3) is 0 Å². The van der Waals surface area contributed by atoms with Crippen molar-refractivity contribution in [1.29, 1.82) is 0 Å². The van der Waals surface area contributed by atoms with Gasteiger partial charge in [-0.25, -0.2) is 0 Å². The lowest BCUT2D eigenvalue weighted by Gasteiger charge is -2.19. The first-order valence-electron chi connectivity index (χ1n) is 7.54. The zero-order valence-corrected chi connectivity index (χ0v) is 13.0. The van der Waals surface area contributed by atoms with Crippen LogP contribution in [-0.4, -0.2) is 54.0 Å². The van der Waals surface area contributed by atoms with Crippen LogP contribution in [-0.2, 0) is 14.4 Å². The van der Waals surface area contributed by atoms with Gasteiger partial charge in [0, 0.05) is 31.3 Å². The Morgan fingerprint density at radius 2 is 2.17 bits per heavy atom. The molecular weight excluding hydrogens is 300 g/mol. The largest absolute Gasteiger partial charge is 0.484 e. The highest BCUT2D eigenvalue weighted by molar-refractivity contribution is 5.95. The highest BCUT2D eigenvalue weighted by Gasteiger charge is 2.22. The fourth-order valence-corrected chi connectivity index (χ4v) is 2.44. The van der Waals surface area contributed by atoms with Crippen LogP contribution in [0.15, 0.2) is 24.3 Å². The molecule has 0 spiro atoms. The molecule has 23 heavy (non-hydrogen) atoms. The number of anilines is 1. The number of ether oxygens (including phenoxy) is 1. The van der Waals surface area contributed by atoms with Gasteiger partial charge >= 0.3 is 5.97 Å². The summed E-state index contributed by atoms with van der Waals surface area (Å²) in [5.74, 6) is -0.897. The first kappa shape index (κ1) is 16.8. The Morgan fingerprint density at radius 1 is 1.39 bits per heavy atom. The number of rotatable bonds is 7. The third-order valence-corrected chi connectivity index (χ3v) is 3.63. The smallest absolute Gasteiger partial charge is 0.323 e. The van der Waals surface area contributed by atoms with Crippen molar-refractivity contribution in [3.05, 3.63) is 24.3 Å². The third-order valence-electron chi connectivity index (χ3n) is 3.63. The molecule has 2 amide bonds. The molecule has 7 nitrogen and oxygen atoms in total. The van der Waals surface area contributed by atoms with Gasteiger partial charge in [0.05, 0.1) is 0 Å². The number of hydrogen-bond donors (Lipinski definition) is 1. The second kappa shape index (κ2) is 7.62. The van der Waals surface area contributed by atoms with Crippen LogP contribution in [0.4, 0.5) is 5.69 Å². The molecule has 1 N–H and O–H groups in total. The molecule has 1 aliphatic rings. The number of aliphatic carboxylic acids is 1. The molecule has 0 unspecified atom stereocenters. The molecule has 0 atom stereocenters. The van der Waals surface area contributed by atoms with E-state index in [9.17, 15) is 14.4 Å². The standard InChI is InChI=1S/C16H20N2O5/c1-2-17(10-16(21)22)15(20)11-23-13-6-3-5-12(9-13)18-8-4-7-14(18)19/h3,5-6,9H,2,4,7-8,10-11H2,1H3,(H,21,22). The maximum Gasteiger partial charge on any atom is 0.323 e. The molecule has 0 radical (unpaired) electrons. The van der Waals surface area contributed by atoms with Crippen molar-refractivity contribution in [3.63, 3.8) is 0 Å². The predicted octanol–water partition coefficient (Wildman–Crippen LogP) is 1.13. The second-order valence-electron chi connectivity index (χ2n) is 5.24. The summed E-state index contributed by atoms with van der Waals surface area (Å²) in [6.45, 7) is 2.11. The molecule has 2 rings (SSSR count). The minimum Gasteiger partial charge on any atom is -0.484 e. The zero-order valence-electron chi connectivity index (χ0n) is 13.0. The number of carboxylic acid groups (broad SMARTS) is 1. The van der Waals surface area contributed by atoms with E-state index in [4.69, 9.17) is 9.84 Å². The number of carboxylic acids is 1. The molecule has 7 heteroatoms. The molecule has 1 aromatic rings. The van der Waals surface area contributed by atoms with E-state index < -0.39 is 11.9 Å². The molecule has 124 valence electrons. The van der Waals surface area contributed by atoms with E-state index in [1.54, 1.807) is 30.0 Å². The van der Waals surface area contributed by atoms with Crippen molar-refractivity contribution in [2.45, 2.75) is 19.8 Å². The minimum absolute atomic E-state index is 0.0804. The quantitative estimate of drug-likeness (QED) is 0.813. The number of carbonyl (C=O) groups excluding carboxylic acids is 2. The van der Waals surface area contributed by atoms with Gasteiger partial charge in [-0.05, 0) is 25.5 Å². The maximum absolute atomic E-state index is 11.9. The van der Waals surface area contributed by atoms with Crippen molar-refractivity contribution in [3.8, 4) is 5.75 Å². The van der Waals surface area contributed by atoms with E-state index in [-0.39, 0.29) is 19.1 Å². The maximum atomic E-state index is 11.9. The van der Waals surface area contributed by atoms with Crippen LogP contribution in [0.2, 0.25) is 0 Å². The third kappa shape index (κ3) is 4.45. The van der Waals surface area contributed by atoms with Crippen molar-refractivity contribution >= 4 is 23.5 Å². The summed E-state index contributed by atoms with van der Waals surface area (Å²) in [6.07, 6.45) is 1.38. The van der Waals surface area contributed by atoms with Gasteiger partial charge in [0.25, 0.3) is 5.91 Å². The summed E-state index contributed by atoms with van der Waals surface area (Å²) in [6, 6.07) is 6.99. The topological polar surface area (TPSA) is 87.2 Å². The minimum atomic E-state index is -1.06. The molecular formula is C16H20N2O5. The summed E-state index contributed by atoms with van der Waals surface area (Å²) in [4.78, 5) is 37.3. The van der Waals surface area contributed by atoms with E-state index in [0.717, 1.165) is 12.1 Å². The van der Waals surface area contributed by atoms with E-state index in [1.807, 2.05) is 6.07 Å². The number of benzene rings is 1. The fourth-order valence-electron chi connectivity index (χ4n) is 2.44. The molecule has 1 fully saturated rings. The Morgan fingerprint density at radius 3 is 2.78 bits per heavy atom. The molecule has 1 aliphatic heterocycles. The SMILES string of the molecule is CCN(CC(=O)O)C(=O)COc1cccc(N2CCCC2=O)c1. The van der Waals surface area contributed by atoms with Crippen molar-refractivity contribution in [2.75, 3.05) is 31.1 Å². The Bertz CT molecular complexity index is 602. The van der Waals surface area contributed by atoms with Crippen LogP contribution in [0.1, 0.15) is 19.8 Å². The summed E-state index contributed by atoms with van der Waals surface area (Å²) in [5.41, 5.74) is 0.746. The monoisotopic (exact) mass is 320 g/mol. The summed E-state index contributed by atoms with van der Waals surface area (Å²) < 4.78 is 5.45. The molecule has 1 saturated heterocycles. The highest BCUT2D eigenvalue weighted by Crippen LogP contribution is 2.25. The van der Waals surface area contributed by atoms with Crippen LogP contribution >= 0.6 is 0 Å². The Hall–Kier alpha value is -2.57. The van der Waals surface area contributed by atoms with E-state index in [1.165, 1.54) is 4.90 Å². The normalized spacial score (nSPS) is 14.0. The lowest BCUT2D eigenvalue weighted by Crippen LogP contribution is -2.38. The van der Waals surface area contributed by atoms with Crippen molar-refractivity contribution in [1.82, 2.24) is 4.90 Å². The average Bonchev–Trinajstić information content (AvgIpc) is 2.96. The lowest BCUT2D eigenvalue weighted by atomic mass is 10.3. The number of likely N-dealkylation sites (N-methyl/N-ethyl adjacent to an activating group) is 1. The van der Waals surface area contributed by atoms with Crippen molar-refractivity contribution in [2.24, 2.45) is 0 Å². The van der Waals surface area contributed by atoms with Gasteiger partial charge in [-0.15, -0.1) is 0 Å². The number of amides is 2. The molecule has 0 saturated carbocycles. The lowest BCUT2D eigenvalue weighted by molar-refractivity contribution is -0.145. The summed E-state index contributed by atoms with van der Waals surface area (Å²) >= 11 is 0. The summed E-state index contributed by atoms with van der Waals surface area (Å²) in [5, 5.41) is 8.76. The molecule has 0 bridgehead atoms. The van der Waals surface area contributed by atoms with Crippen LogP contribution in [0, 0.1) is 0 Å². The van der Waals surface area contributed by atoms with Gasteiger partial charge in [-0.1, -0.05) is 6.07 Å². The highest BCUT2D eigenvalue weighted by atomic mass is 16.5. The Balaban J connectivity index is 1.96. The van der Waals surface area contributed by atoms with Gasteiger partial charge in [0.1, 0.15) is 12.3 Å². The first-order chi connectivity index (χ1) is 11.0. The molecule has 0 aromatic heterocycles. The first-order valence-corrected chi connectivity index (χ1v) is 7.54. The molecule has 1 heterocycles. The average molecular weight is 320 g/mol. The summed E-state index contributed by atoms with van der Waals surface area (Å²) in [7, 11) is 0. The number of hydrogen-bond acceptors (Lipinski definition) is 4. The van der Waals surface area contributed by atoms with Gasteiger partial charge in [0.2, 0.25) is 5.91 Å². The Kier molecular flexibility index (Phi) is 5.56. The van der Waals surface area contributed by atoms with Crippen LogP contribution < -0.4 is 9.64 Å². The predicted molar refractivity (Wildman–Crippen MR) is 83.4 cm³/mol. The fraction of sp³-hybridized carbons (Fsp3) is 0.438. The van der Waals surface area contributed by atoms with Crippen molar-refractivity contribution < 1.29 is 24.2 Å². The number of carbonyl (C=O) groups is 3. The number of nitrogens with zero attached hydrogens (tertiary/aromatic N) is 2. The second-order valence-corrected chi connectivity index (χ2v) is 5.24. The van der Waals surface area contributed by atoms with E-state index >= 15 is 0 Å². The van der Waals surface area contributed by atoms with E-state index in [0.29, 0.717) is 25.3 Å². The van der Waals surface area contributed by atoms with Gasteiger partial charge in [0.15, 0.2) is 6.61 Å². The van der Waals surface area contributed by atoms with Gasteiger partial charge in [-0.2, -0.15) is 0 Å².